The lowest BCUT2D eigenvalue weighted by Gasteiger charge is -2.19. The lowest BCUT2D eigenvalue weighted by molar-refractivity contribution is -0.145. The van der Waals surface area contributed by atoms with Crippen LogP contribution in [0.1, 0.15) is 19.4 Å². The third-order valence-electron chi connectivity index (χ3n) is 2.70. The molecule has 5 nitrogen and oxygen atoms in total. The van der Waals surface area contributed by atoms with Gasteiger partial charge in [-0.3, -0.25) is 9.59 Å². The van der Waals surface area contributed by atoms with Crippen molar-refractivity contribution in [3.63, 3.8) is 0 Å². The topological polar surface area (TPSA) is 70.0 Å². The maximum absolute atomic E-state index is 12.1. The minimum Gasteiger partial charge on any atom is -0.480 e. The Morgan fingerprint density at radius 2 is 1.95 bits per heavy atom. The zero-order chi connectivity index (χ0) is 15.1. The average molecular weight is 294 g/mol. The second kappa shape index (κ2) is 7.69. The predicted octanol–water partition coefficient (Wildman–Crippen LogP) is 1.89. The number of carboxylic acids is 1. The molecule has 1 aromatic rings. The lowest BCUT2D eigenvalue weighted by atomic mass is 10.1. The summed E-state index contributed by atoms with van der Waals surface area (Å²) in [7, 11) is 0. The monoisotopic (exact) mass is 294 g/mol. The highest BCUT2D eigenvalue weighted by atomic mass is 32.1. The van der Waals surface area contributed by atoms with Crippen LogP contribution >= 0.6 is 12.6 Å². The Bertz CT molecular complexity index is 502. The normalized spacial score (nSPS) is 12.8. The molecule has 1 N–H and O–H groups in total. The van der Waals surface area contributed by atoms with Crippen LogP contribution in [-0.2, 0) is 9.59 Å². The van der Waals surface area contributed by atoms with Gasteiger partial charge in [0.2, 0.25) is 5.91 Å². The molecule has 1 amide bonds. The van der Waals surface area contributed by atoms with Crippen molar-refractivity contribution in [3.8, 4) is 0 Å². The van der Waals surface area contributed by atoms with Gasteiger partial charge in [-0.05, 0) is 12.5 Å². The molecule has 0 heterocycles. The van der Waals surface area contributed by atoms with Crippen molar-refractivity contribution in [2.75, 3.05) is 12.3 Å². The SMILES string of the molecule is CC(=NN(CC(=O)O)C(=O)C(C)CS)c1ccccc1. The van der Waals surface area contributed by atoms with Crippen LogP contribution in [0.2, 0.25) is 0 Å². The number of amides is 1. The van der Waals surface area contributed by atoms with Gasteiger partial charge in [-0.2, -0.15) is 17.7 Å². The zero-order valence-electron chi connectivity index (χ0n) is 11.5. The molecule has 6 heteroatoms. The van der Waals surface area contributed by atoms with Crippen molar-refractivity contribution in [2.45, 2.75) is 13.8 Å². The number of hydrogen-bond acceptors (Lipinski definition) is 4. The van der Waals surface area contributed by atoms with Gasteiger partial charge in [-0.15, -0.1) is 0 Å². The van der Waals surface area contributed by atoms with E-state index in [1.165, 1.54) is 0 Å². The first-order chi connectivity index (χ1) is 9.45. The summed E-state index contributed by atoms with van der Waals surface area (Å²) >= 11 is 4.06. The van der Waals surface area contributed by atoms with E-state index in [2.05, 4.69) is 17.7 Å². The van der Waals surface area contributed by atoms with Crippen molar-refractivity contribution in [1.82, 2.24) is 5.01 Å². The molecule has 0 saturated carbocycles. The summed E-state index contributed by atoms with van der Waals surface area (Å²) < 4.78 is 0. The Morgan fingerprint density at radius 3 is 2.45 bits per heavy atom. The van der Waals surface area contributed by atoms with Gasteiger partial charge < -0.3 is 5.11 Å². The average Bonchev–Trinajstić information content (AvgIpc) is 2.45. The molecule has 0 aliphatic rings. The molecule has 0 radical (unpaired) electrons. The van der Waals surface area contributed by atoms with Crippen molar-refractivity contribution >= 4 is 30.2 Å². The Hall–Kier alpha value is -1.82. The minimum atomic E-state index is -1.10. The number of carbonyl (C=O) groups excluding carboxylic acids is 1. The highest BCUT2D eigenvalue weighted by molar-refractivity contribution is 7.80. The molecular weight excluding hydrogens is 276 g/mol. The maximum Gasteiger partial charge on any atom is 0.325 e. The number of nitrogens with zero attached hydrogens (tertiary/aromatic N) is 2. The third kappa shape index (κ3) is 4.70. The standard InChI is InChI=1S/C14H18N2O3S/c1-10(9-20)14(19)16(8-13(17)18)15-11(2)12-6-4-3-5-7-12/h3-7,10,20H,8-9H2,1-2H3,(H,17,18). The van der Waals surface area contributed by atoms with Crippen LogP contribution in [0.15, 0.2) is 35.4 Å². The third-order valence-corrected chi connectivity index (χ3v) is 3.24. The Kier molecular flexibility index (Phi) is 6.24. The highest BCUT2D eigenvalue weighted by Crippen LogP contribution is 2.08. The first kappa shape index (κ1) is 16.2. The van der Waals surface area contributed by atoms with E-state index in [4.69, 9.17) is 5.11 Å². The molecule has 1 aromatic carbocycles. The number of thiol groups is 1. The number of rotatable bonds is 6. The van der Waals surface area contributed by atoms with Crippen LogP contribution in [0.3, 0.4) is 0 Å². The number of aliphatic carboxylic acids is 1. The fourth-order valence-corrected chi connectivity index (χ4v) is 1.70. The van der Waals surface area contributed by atoms with Gasteiger partial charge in [-0.25, -0.2) is 5.01 Å². The van der Waals surface area contributed by atoms with Crippen LogP contribution in [0.25, 0.3) is 0 Å². The van der Waals surface area contributed by atoms with E-state index in [9.17, 15) is 9.59 Å². The first-order valence-electron chi connectivity index (χ1n) is 6.20. The summed E-state index contributed by atoms with van der Waals surface area (Å²) in [5.74, 6) is -1.49. The van der Waals surface area contributed by atoms with Crippen LogP contribution in [0.5, 0.6) is 0 Å². The van der Waals surface area contributed by atoms with E-state index in [1.807, 2.05) is 30.3 Å². The van der Waals surface area contributed by atoms with Crippen LogP contribution in [0, 0.1) is 5.92 Å². The molecule has 1 unspecified atom stereocenters. The zero-order valence-corrected chi connectivity index (χ0v) is 12.4. The Morgan fingerprint density at radius 1 is 1.35 bits per heavy atom. The lowest BCUT2D eigenvalue weighted by Crippen LogP contribution is -2.36. The first-order valence-corrected chi connectivity index (χ1v) is 6.83. The fraction of sp³-hybridized carbons (Fsp3) is 0.357. The molecule has 108 valence electrons. The van der Waals surface area contributed by atoms with Gasteiger partial charge in [0, 0.05) is 11.7 Å². The number of hydrogen-bond donors (Lipinski definition) is 2. The molecule has 0 saturated heterocycles. The van der Waals surface area contributed by atoms with Gasteiger partial charge in [-0.1, -0.05) is 37.3 Å². The Balaban J connectivity index is 3.00. The molecule has 0 bridgehead atoms. The van der Waals surface area contributed by atoms with Crippen LogP contribution < -0.4 is 0 Å². The second-order valence-electron chi connectivity index (χ2n) is 4.42. The molecule has 0 aliphatic carbocycles. The van der Waals surface area contributed by atoms with Crippen molar-refractivity contribution in [3.05, 3.63) is 35.9 Å². The number of carboxylic acid groups (broad SMARTS) is 1. The molecule has 0 aliphatic heterocycles. The molecule has 0 fully saturated rings. The van der Waals surface area contributed by atoms with E-state index in [0.29, 0.717) is 11.5 Å². The van der Waals surface area contributed by atoms with E-state index >= 15 is 0 Å². The summed E-state index contributed by atoms with van der Waals surface area (Å²) in [4.78, 5) is 22.9. The summed E-state index contributed by atoms with van der Waals surface area (Å²) in [6.45, 7) is 2.97. The quantitative estimate of drug-likeness (QED) is 0.478. The van der Waals surface area contributed by atoms with E-state index in [1.54, 1.807) is 13.8 Å². The molecule has 0 aromatic heterocycles. The largest absolute Gasteiger partial charge is 0.480 e. The second-order valence-corrected chi connectivity index (χ2v) is 4.79. The summed E-state index contributed by atoms with van der Waals surface area (Å²) in [5.41, 5.74) is 1.43. The highest BCUT2D eigenvalue weighted by Gasteiger charge is 2.21. The maximum atomic E-state index is 12.1. The summed E-state index contributed by atoms with van der Waals surface area (Å²) in [6, 6.07) is 9.29. The van der Waals surface area contributed by atoms with E-state index in [-0.39, 0.29) is 11.8 Å². The van der Waals surface area contributed by atoms with E-state index in [0.717, 1.165) is 10.6 Å². The fourth-order valence-electron chi connectivity index (χ4n) is 1.54. The van der Waals surface area contributed by atoms with Gasteiger partial charge in [0.25, 0.3) is 0 Å². The van der Waals surface area contributed by atoms with Gasteiger partial charge in [0.1, 0.15) is 6.54 Å². The molecule has 1 rings (SSSR count). The number of benzene rings is 1. The predicted molar refractivity (Wildman–Crippen MR) is 81.0 cm³/mol. The summed E-state index contributed by atoms with van der Waals surface area (Å²) in [6.07, 6.45) is 0. The molecular formula is C14H18N2O3S. The van der Waals surface area contributed by atoms with Crippen LogP contribution in [-0.4, -0.2) is 40.0 Å². The van der Waals surface area contributed by atoms with Gasteiger partial charge in [0.15, 0.2) is 0 Å². The minimum absolute atomic E-state index is 0.342. The van der Waals surface area contributed by atoms with Crippen molar-refractivity contribution in [1.29, 1.82) is 0 Å². The molecule has 0 spiro atoms. The summed E-state index contributed by atoms with van der Waals surface area (Å²) in [5, 5.41) is 14.0. The van der Waals surface area contributed by atoms with Gasteiger partial charge in [0.05, 0.1) is 5.71 Å². The van der Waals surface area contributed by atoms with Gasteiger partial charge >= 0.3 is 5.97 Å². The van der Waals surface area contributed by atoms with Crippen molar-refractivity contribution < 1.29 is 14.7 Å². The van der Waals surface area contributed by atoms with Crippen molar-refractivity contribution in [2.24, 2.45) is 11.0 Å². The Labute approximate surface area is 123 Å². The molecule has 1 atom stereocenters. The number of carbonyl (C=O) groups is 2. The van der Waals surface area contributed by atoms with Crippen LogP contribution in [0.4, 0.5) is 0 Å². The smallest absolute Gasteiger partial charge is 0.325 e. The van der Waals surface area contributed by atoms with E-state index < -0.39 is 12.5 Å². The number of hydrazone groups is 1. The molecule has 20 heavy (non-hydrogen) atoms.